The Morgan fingerprint density at radius 2 is 2.06 bits per heavy atom. The van der Waals surface area contributed by atoms with E-state index in [9.17, 15) is 4.79 Å². The molecular formula is C14H26N2O2. The van der Waals surface area contributed by atoms with Crippen molar-refractivity contribution in [3.8, 4) is 0 Å². The molecule has 2 unspecified atom stereocenters. The number of nitrogens with one attached hydrogen (secondary N) is 1. The van der Waals surface area contributed by atoms with Crippen LogP contribution in [0.1, 0.15) is 46.5 Å². The lowest BCUT2D eigenvalue weighted by molar-refractivity contribution is -0.131. The highest BCUT2D eigenvalue weighted by Gasteiger charge is 2.40. The third kappa shape index (κ3) is 3.04. The quantitative estimate of drug-likeness (QED) is 0.812. The largest absolute Gasteiger partial charge is 0.377 e. The Morgan fingerprint density at radius 1 is 1.39 bits per heavy atom. The van der Waals surface area contributed by atoms with E-state index in [0.29, 0.717) is 12.5 Å². The summed E-state index contributed by atoms with van der Waals surface area (Å²) in [6.07, 6.45) is 5.59. The van der Waals surface area contributed by atoms with Gasteiger partial charge in [-0.3, -0.25) is 10.1 Å². The predicted octanol–water partition coefficient (Wildman–Crippen LogP) is 1.75. The van der Waals surface area contributed by atoms with Crippen LogP contribution in [0.25, 0.3) is 0 Å². The summed E-state index contributed by atoms with van der Waals surface area (Å²) in [6, 6.07) is -0.0327. The van der Waals surface area contributed by atoms with Crippen LogP contribution in [0.4, 0.5) is 0 Å². The van der Waals surface area contributed by atoms with Gasteiger partial charge in [0.25, 0.3) is 0 Å². The Hall–Kier alpha value is -0.610. The summed E-state index contributed by atoms with van der Waals surface area (Å²) in [5, 5.41) is 3.45. The SMILES string of the molecule is CC(C)OCCN1C(=O)C(C)NC1C1CCCC1. The smallest absolute Gasteiger partial charge is 0.240 e. The maximum atomic E-state index is 12.2. The molecule has 4 heteroatoms. The van der Waals surface area contributed by atoms with Crippen LogP contribution in [-0.4, -0.2) is 42.3 Å². The molecule has 0 radical (unpaired) electrons. The molecule has 4 nitrogen and oxygen atoms in total. The number of rotatable bonds is 5. The summed E-state index contributed by atoms with van der Waals surface area (Å²) in [6.45, 7) is 7.38. The van der Waals surface area contributed by atoms with Crippen LogP contribution in [0.5, 0.6) is 0 Å². The second kappa shape index (κ2) is 6.02. The van der Waals surface area contributed by atoms with Crippen LogP contribution >= 0.6 is 0 Å². The highest BCUT2D eigenvalue weighted by Crippen LogP contribution is 2.31. The first-order valence-electron chi connectivity index (χ1n) is 7.27. The molecule has 2 fully saturated rings. The lowest BCUT2D eigenvalue weighted by Crippen LogP contribution is -2.44. The number of amides is 1. The molecule has 1 aliphatic carbocycles. The number of hydrogen-bond donors (Lipinski definition) is 1. The van der Waals surface area contributed by atoms with E-state index in [0.717, 1.165) is 6.54 Å². The summed E-state index contributed by atoms with van der Waals surface area (Å²) in [5.41, 5.74) is 0. The summed E-state index contributed by atoms with van der Waals surface area (Å²) in [4.78, 5) is 14.2. The van der Waals surface area contributed by atoms with Gasteiger partial charge in [0.2, 0.25) is 5.91 Å². The van der Waals surface area contributed by atoms with Crippen molar-refractivity contribution in [2.45, 2.75) is 64.8 Å². The normalized spacial score (nSPS) is 29.8. The predicted molar refractivity (Wildman–Crippen MR) is 71.1 cm³/mol. The average molecular weight is 254 g/mol. The van der Waals surface area contributed by atoms with Gasteiger partial charge < -0.3 is 9.64 Å². The molecule has 18 heavy (non-hydrogen) atoms. The zero-order valence-corrected chi connectivity index (χ0v) is 11.8. The van der Waals surface area contributed by atoms with Crippen molar-refractivity contribution in [3.63, 3.8) is 0 Å². The van der Waals surface area contributed by atoms with Crippen LogP contribution in [-0.2, 0) is 9.53 Å². The Kier molecular flexibility index (Phi) is 4.62. The van der Waals surface area contributed by atoms with Crippen LogP contribution in [0.15, 0.2) is 0 Å². The molecule has 1 amide bonds. The molecule has 0 bridgehead atoms. The highest BCUT2D eigenvalue weighted by molar-refractivity contribution is 5.83. The van der Waals surface area contributed by atoms with Crippen molar-refractivity contribution in [2.24, 2.45) is 5.92 Å². The van der Waals surface area contributed by atoms with E-state index in [1.54, 1.807) is 0 Å². The standard InChI is InChI=1S/C14H26N2O2/c1-10(2)18-9-8-16-13(12-6-4-5-7-12)15-11(3)14(16)17/h10-13,15H,4-9H2,1-3H3. The van der Waals surface area contributed by atoms with Gasteiger partial charge in [-0.25, -0.2) is 0 Å². The molecule has 1 N–H and O–H groups in total. The van der Waals surface area contributed by atoms with Gasteiger partial charge in [0, 0.05) is 6.54 Å². The van der Waals surface area contributed by atoms with Crippen molar-refractivity contribution in [3.05, 3.63) is 0 Å². The summed E-state index contributed by atoms with van der Waals surface area (Å²) < 4.78 is 5.58. The van der Waals surface area contributed by atoms with Gasteiger partial charge in [0.15, 0.2) is 0 Å². The average Bonchev–Trinajstić information content (AvgIpc) is 2.91. The Morgan fingerprint density at radius 3 is 2.67 bits per heavy atom. The molecule has 0 aromatic heterocycles. The Labute approximate surface area is 110 Å². The fraction of sp³-hybridized carbons (Fsp3) is 0.929. The molecule has 104 valence electrons. The second-order valence-electron chi connectivity index (χ2n) is 5.83. The summed E-state index contributed by atoms with van der Waals surface area (Å²) in [5.74, 6) is 0.872. The Balaban J connectivity index is 1.92. The number of carbonyl (C=O) groups is 1. The molecule has 1 saturated carbocycles. The lowest BCUT2D eigenvalue weighted by Gasteiger charge is -2.29. The van der Waals surface area contributed by atoms with Gasteiger partial charge in [0.1, 0.15) is 0 Å². The number of hydrogen-bond acceptors (Lipinski definition) is 3. The van der Waals surface area contributed by atoms with Crippen LogP contribution in [0, 0.1) is 5.92 Å². The third-order valence-corrected chi connectivity index (χ3v) is 4.04. The van der Waals surface area contributed by atoms with E-state index >= 15 is 0 Å². The van der Waals surface area contributed by atoms with Crippen molar-refractivity contribution >= 4 is 5.91 Å². The van der Waals surface area contributed by atoms with Gasteiger partial charge >= 0.3 is 0 Å². The van der Waals surface area contributed by atoms with E-state index < -0.39 is 0 Å². The van der Waals surface area contributed by atoms with Gasteiger partial charge in [-0.05, 0) is 39.5 Å². The molecule has 0 aromatic rings. The second-order valence-corrected chi connectivity index (χ2v) is 5.83. The molecule has 2 rings (SSSR count). The molecule has 1 aliphatic heterocycles. The van der Waals surface area contributed by atoms with Gasteiger partial charge in [-0.15, -0.1) is 0 Å². The van der Waals surface area contributed by atoms with Crippen molar-refractivity contribution < 1.29 is 9.53 Å². The summed E-state index contributed by atoms with van der Waals surface area (Å²) in [7, 11) is 0. The molecule has 1 saturated heterocycles. The van der Waals surface area contributed by atoms with Crippen LogP contribution < -0.4 is 5.32 Å². The highest BCUT2D eigenvalue weighted by atomic mass is 16.5. The minimum atomic E-state index is -0.0327. The first kappa shape index (κ1) is 13.8. The fourth-order valence-electron chi connectivity index (χ4n) is 3.10. The maximum Gasteiger partial charge on any atom is 0.240 e. The molecule has 2 aliphatic rings. The van der Waals surface area contributed by atoms with E-state index in [2.05, 4.69) is 5.32 Å². The fourth-order valence-corrected chi connectivity index (χ4v) is 3.10. The molecule has 0 aromatic carbocycles. The Bertz CT molecular complexity index is 288. The van der Waals surface area contributed by atoms with E-state index in [-0.39, 0.29) is 24.2 Å². The molecule has 0 spiro atoms. The molecular weight excluding hydrogens is 228 g/mol. The zero-order valence-electron chi connectivity index (χ0n) is 11.8. The van der Waals surface area contributed by atoms with Crippen molar-refractivity contribution in [1.29, 1.82) is 0 Å². The third-order valence-electron chi connectivity index (χ3n) is 4.04. The maximum absolute atomic E-state index is 12.2. The molecule has 1 heterocycles. The number of nitrogens with zero attached hydrogens (tertiary/aromatic N) is 1. The monoisotopic (exact) mass is 254 g/mol. The molecule has 2 atom stereocenters. The van der Waals surface area contributed by atoms with Crippen LogP contribution in [0.2, 0.25) is 0 Å². The van der Waals surface area contributed by atoms with Crippen LogP contribution in [0.3, 0.4) is 0 Å². The van der Waals surface area contributed by atoms with Gasteiger partial charge in [-0.2, -0.15) is 0 Å². The number of carbonyl (C=O) groups excluding carboxylic acids is 1. The van der Waals surface area contributed by atoms with Crippen molar-refractivity contribution in [1.82, 2.24) is 10.2 Å². The first-order chi connectivity index (χ1) is 8.59. The minimum absolute atomic E-state index is 0.0327. The topological polar surface area (TPSA) is 41.6 Å². The zero-order chi connectivity index (χ0) is 13.1. The lowest BCUT2D eigenvalue weighted by atomic mass is 10.0. The van der Waals surface area contributed by atoms with E-state index in [4.69, 9.17) is 4.74 Å². The van der Waals surface area contributed by atoms with Gasteiger partial charge in [-0.1, -0.05) is 12.8 Å². The van der Waals surface area contributed by atoms with E-state index in [1.165, 1.54) is 25.7 Å². The number of ether oxygens (including phenoxy) is 1. The van der Waals surface area contributed by atoms with E-state index in [1.807, 2.05) is 25.7 Å². The summed E-state index contributed by atoms with van der Waals surface area (Å²) >= 11 is 0. The van der Waals surface area contributed by atoms with Crippen molar-refractivity contribution in [2.75, 3.05) is 13.2 Å². The van der Waals surface area contributed by atoms with Gasteiger partial charge in [0.05, 0.1) is 24.9 Å². The minimum Gasteiger partial charge on any atom is -0.377 e. The first-order valence-corrected chi connectivity index (χ1v) is 7.27.